The van der Waals surface area contributed by atoms with Crippen molar-refractivity contribution in [2.45, 2.75) is 18.5 Å². The van der Waals surface area contributed by atoms with Crippen LogP contribution in [-0.2, 0) is 23.8 Å². The highest BCUT2D eigenvalue weighted by molar-refractivity contribution is 7.98. The van der Waals surface area contributed by atoms with Gasteiger partial charge >= 0.3 is 0 Å². The summed E-state index contributed by atoms with van der Waals surface area (Å²) >= 11 is 5.45. The first kappa shape index (κ1) is 21.4. The fourth-order valence-electron chi connectivity index (χ4n) is 4.39. The predicted octanol–water partition coefficient (Wildman–Crippen LogP) is 5.06. The number of carbonyl (C=O) groups is 1. The molecule has 0 heterocycles. The van der Waals surface area contributed by atoms with Crippen LogP contribution in [0.3, 0.4) is 0 Å². The summed E-state index contributed by atoms with van der Waals surface area (Å²) < 4.78 is 0. The van der Waals surface area contributed by atoms with E-state index < -0.39 is 7.26 Å². The van der Waals surface area contributed by atoms with E-state index in [9.17, 15) is 4.79 Å². The lowest BCUT2D eigenvalue weighted by molar-refractivity contribution is -0.110. The van der Waals surface area contributed by atoms with E-state index in [-0.39, 0.29) is 10.8 Å². The third kappa shape index (κ3) is 4.46. The lowest BCUT2D eigenvalue weighted by atomic mass is 10.1. The average Bonchev–Trinajstić information content (AvgIpc) is 2.84. The zero-order chi connectivity index (χ0) is 21.5. The van der Waals surface area contributed by atoms with E-state index in [2.05, 4.69) is 84.9 Å². The first-order valence-corrected chi connectivity index (χ1v) is 12.8. The molecule has 4 aromatic rings. The first-order chi connectivity index (χ1) is 15.2. The van der Waals surface area contributed by atoms with Crippen molar-refractivity contribution in [3.05, 3.63) is 127 Å². The smallest absolute Gasteiger partial charge is 0.120 e. The number of hydrogen-bond acceptors (Lipinski definition) is 2. The lowest BCUT2D eigenvalue weighted by Gasteiger charge is -2.36. The van der Waals surface area contributed by atoms with E-state index in [0.29, 0.717) is 0 Å². The van der Waals surface area contributed by atoms with Crippen LogP contribution in [0, 0.1) is 0 Å². The van der Waals surface area contributed by atoms with Crippen LogP contribution in [0.25, 0.3) is 0 Å². The Morgan fingerprint density at radius 2 is 0.968 bits per heavy atom. The maximum absolute atomic E-state index is 13.2. The molecule has 4 rings (SSSR count). The second-order valence-corrected chi connectivity index (χ2v) is 11.6. The number of benzene rings is 4. The van der Waals surface area contributed by atoms with Gasteiger partial charge in [0.15, 0.2) is 0 Å². The fraction of sp³-hybridized carbons (Fsp3) is 0.107. The molecule has 1 nitrogen and oxygen atoms in total. The summed E-state index contributed by atoms with van der Waals surface area (Å²) in [4.78, 5) is 13.2. The Bertz CT molecular complexity index is 1000. The molecule has 1 unspecified atom stereocenters. The molecule has 3 heteroatoms. The van der Waals surface area contributed by atoms with Crippen LogP contribution in [0.5, 0.6) is 0 Å². The normalized spacial score (nSPS) is 12.3. The summed E-state index contributed by atoms with van der Waals surface area (Å²) in [6.45, 7) is 0. The zero-order valence-corrected chi connectivity index (χ0v) is 19.0. The Balaban J connectivity index is 1.94. The second kappa shape index (κ2) is 10.0. The third-order valence-electron chi connectivity index (χ3n) is 5.78. The molecule has 4 aromatic carbocycles. The lowest BCUT2D eigenvalue weighted by Crippen LogP contribution is -2.42. The molecule has 0 saturated carbocycles. The Morgan fingerprint density at radius 3 is 1.32 bits per heavy atom. The van der Waals surface area contributed by atoms with Gasteiger partial charge in [0.05, 0.1) is 5.12 Å². The Morgan fingerprint density at radius 1 is 0.613 bits per heavy atom. The molecule has 0 spiro atoms. The van der Waals surface area contributed by atoms with Gasteiger partial charge in [-0.15, -0.1) is 0 Å². The Kier molecular flexibility index (Phi) is 6.92. The molecule has 0 aliphatic carbocycles. The maximum Gasteiger partial charge on any atom is 0.120 e. The molecule has 0 aliphatic rings. The van der Waals surface area contributed by atoms with Gasteiger partial charge in [-0.05, 0) is 54.8 Å². The molecule has 0 bridgehead atoms. The SMILES string of the molecule is O=C([S-])C(CCc1ccccc1)[P+](c1ccccc1)(c1ccccc1)c1ccccc1. The molecule has 31 heavy (non-hydrogen) atoms. The van der Waals surface area contributed by atoms with E-state index in [1.807, 2.05) is 36.4 Å². The number of aryl methyl sites for hydroxylation is 1. The summed E-state index contributed by atoms with van der Waals surface area (Å²) in [6.07, 6.45) is 1.54. The summed E-state index contributed by atoms with van der Waals surface area (Å²) in [5.41, 5.74) is 0.964. The van der Waals surface area contributed by atoms with Gasteiger partial charge in [-0.2, -0.15) is 0 Å². The van der Waals surface area contributed by atoms with Crippen molar-refractivity contribution in [3.8, 4) is 0 Å². The van der Waals surface area contributed by atoms with Crippen LogP contribution >= 0.6 is 7.26 Å². The van der Waals surface area contributed by atoms with Crippen LogP contribution in [0.1, 0.15) is 12.0 Å². The molecule has 154 valence electrons. The highest BCUT2D eigenvalue weighted by Gasteiger charge is 2.52. The minimum absolute atomic E-state index is 0.152. The van der Waals surface area contributed by atoms with E-state index in [0.717, 1.165) is 12.8 Å². The van der Waals surface area contributed by atoms with Gasteiger partial charge in [-0.3, -0.25) is 0 Å². The Hall–Kier alpha value is -2.80. The quantitative estimate of drug-likeness (QED) is 0.282. The van der Waals surface area contributed by atoms with Crippen LogP contribution < -0.4 is 15.9 Å². The number of rotatable bonds is 8. The zero-order valence-electron chi connectivity index (χ0n) is 17.3. The molecule has 0 radical (unpaired) electrons. The van der Waals surface area contributed by atoms with Gasteiger partial charge < -0.3 is 17.4 Å². The van der Waals surface area contributed by atoms with Gasteiger partial charge in [-0.25, -0.2) is 0 Å². The molecule has 1 atom stereocenters. The molecule has 0 aromatic heterocycles. The summed E-state index contributed by atoms with van der Waals surface area (Å²) in [6, 6.07) is 41.9. The van der Waals surface area contributed by atoms with Crippen molar-refractivity contribution >= 4 is 40.9 Å². The predicted molar refractivity (Wildman–Crippen MR) is 136 cm³/mol. The van der Waals surface area contributed by atoms with Crippen molar-refractivity contribution in [2.24, 2.45) is 0 Å². The van der Waals surface area contributed by atoms with E-state index >= 15 is 0 Å². The summed E-state index contributed by atoms with van der Waals surface area (Å²) in [5, 5.41) is 3.44. The minimum Gasteiger partial charge on any atom is -0.738 e. The van der Waals surface area contributed by atoms with Crippen molar-refractivity contribution in [2.75, 3.05) is 0 Å². The Labute approximate surface area is 190 Å². The molecule has 0 aliphatic heterocycles. The van der Waals surface area contributed by atoms with Gasteiger partial charge in [0.2, 0.25) is 0 Å². The third-order valence-corrected chi connectivity index (χ3v) is 11.0. The molecule has 0 amide bonds. The standard InChI is InChI=1S/C28H25OPS/c29-28(31)27(22-21-23-13-5-1-6-14-23)30(24-15-7-2-8-16-24,25-17-9-3-10-18-25)26-19-11-4-12-20-26/h1-20,27H,21-22H2. The van der Waals surface area contributed by atoms with Gasteiger partial charge in [0, 0.05) is 0 Å². The fourth-order valence-corrected chi connectivity index (χ4v) is 9.72. The van der Waals surface area contributed by atoms with Crippen molar-refractivity contribution in [1.29, 1.82) is 0 Å². The van der Waals surface area contributed by atoms with E-state index in [1.54, 1.807) is 0 Å². The molecule has 0 fully saturated rings. The first-order valence-electron chi connectivity index (χ1n) is 10.5. The van der Waals surface area contributed by atoms with Gasteiger partial charge in [-0.1, -0.05) is 84.9 Å². The van der Waals surface area contributed by atoms with E-state index in [1.165, 1.54) is 21.5 Å². The summed E-state index contributed by atoms with van der Waals surface area (Å²) in [7, 11) is -2.31. The van der Waals surface area contributed by atoms with Crippen molar-refractivity contribution in [3.63, 3.8) is 0 Å². The van der Waals surface area contributed by atoms with Crippen molar-refractivity contribution < 1.29 is 4.79 Å². The van der Waals surface area contributed by atoms with E-state index in [4.69, 9.17) is 12.6 Å². The van der Waals surface area contributed by atoms with Gasteiger partial charge in [0.25, 0.3) is 0 Å². The monoisotopic (exact) mass is 440 g/mol. The average molecular weight is 441 g/mol. The van der Waals surface area contributed by atoms with Crippen LogP contribution in [0.2, 0.25) is 0 Å². The molecule has 0 N–H and O–H groups in total. The number of carbonyl (C=O) groups excluding carboxylic acids is 1. The molecular formula is C28H25OPS. The van der Waals surface area contributed by atoms with Gasteiger partial charge in [0.1, 0.15) is 28.8 Å². The largest absolute Gasteiger partial charge is 0.738 e. The highest BCUT2D eigenvalue weighted by atomic mass is 32.1. The highest BCUT2D eigenvalue weighted by Crippen LogP contribution is 2.61. The molecule has 0 saturated heterocycles. The van der Waals surface area contributed by atoms with Crippen molar-refractivity contribution in [1.82, 2.24) is 0 Å². The van der Waals surface area contributed by atoms with Crippen LogP contribution in [0.15, 0.2) is 121 Å². The second-order valence-electron chi connectivity index (χ2n) is 7.59. The number of hydrogen-bond donors (Lipinski definition) is 0. The topological polar surface area (TPSA) is 17.1 Å². The maximum atomic E-state index is 13.2. The van der Waals surface area contributed by atoms with Crippen LogP contribution in [0.4, 0.5) is 0 Å². The summed E-state index contributed by atoms with van der Waals surface area (Å²) in [5.74, 6) is 0. The molecular weight excluding hydrogens is 415 g/mol. The minimum atomic E-state index is -2.31. The van der Waals surface area contributed by atoms with Crippen LogP contribution in [-0.4, -0.2) is 10.8 Å².